The quantitative estimate of drug-likeness (QED) is 0.450. The van der Waals surface area contributed by atoms with Gasteiger partial charge in [-0.05, 0) is 24.0 Å². The molecule has 0 N–H and O–H groups in total. The third kappa shape index (κ3) is 1.05. The second kappa shape index (κ2) is 2.30. The molecule has 0 bridgehead atoms. The molecule has 0 spiro atoms. The van der Waals surface area contributed by atoms with Gasteiger partial charge in [0.15, 0.2) is 0 Å². The van der Waals surface area contributed by atoms with E-state index in [0.717, 1.165) is 12.8 Å². The molecule has 1 heteroatoms. The predicted molar refractivity (Wildman–Crippen MR) is 30.8 cm³/mol. The predicted octanol–water partition coefficient (Wildman–Crippen LogP) is 2.03. The van der Waals surface area contributed by atoms with Crippen molar-refractivity contribution in [3.05, 3.63) is 11.5 Å². The van der Waals surface area contributed by atoms with Crippen molar-refractivity contribution in [2.24, 2.45) is 0 Å². The molecule has 0 aliphatic carbocycles. The van der Waals surface area contributed by atoms with Crippen LogP contribution in [0.2, 0.25) is 0 Å². The molecular weight excluding hydrogens is 92.1 g/mol. The van der Waals surface area contributed by atoms with Crippen molar-refractivity contribution in [2.75, 3.05) is 5.73 Å². The van der Waals surface area contributed by atoms with Crippen LogP contribution in [0, 0.1) is 0 Å². The van der Waals surface area contributed by atoms with E-state index in [-0.39, 0.29) is 5.73 Å². The highest BCUT2D eigenvalue weighted by Gasteiger charge is 1.87. The average Bonchev–Trinajstić information content (AvgIpc) is 1.69. The summed E-state index contributed by atoms with van der Waals surface area (Å²) in [5.74, 6) is 0. The maximum absolute atomic E-state index is 7.18. The van der Waals surface area contributed by atoms with Crippen molar-refractivity contribution in [1.82, 2.24) is 0 Å². The summed E-state index contributed by atoms with van der Waals surface area (Å²) in [6.07, 6.45) is 4.25. The zero-order valence-electron chi connectivity index (χ0n) is 4.55. The van der Waals surface area contributed by atoms with Gasteiger partial charge in [0, 0.05) is 1.37 Å². The van der Waals surface area contributed by atoms with Crippen molar-refractivity contribution < 1.29 is 1.37 Å². The van der Waals surface area contributed by atoms with Crippen LogP contribution in [0.15, 0.2) is 11.5 Å². The van der Waals surface area contributed by atoms with Crippen LogP contribution in [0.5, 0.6) is 0 Å². The van der Waals surface area contributed by atoms with Gasteiger partial charge in [-0.1, -0.05) is 6.08 Å². The third-order valence-electron chi connectivity index (χ3n) is 0.722. The lowest BCUT2D eigenvalue weighted by Crippen LogP contribution is -1.78. The first-order valence-corrected chi connectivity index (χ1v) is 3.06. The van der Waals surface area contributed by atoms with Crippen molar-refractivity contribution in [1.29, 1.82) is 0 Å². The smallest absolute Gasteiger partial charge is 0.0384 e. The van der Waals surface area contributed by atoms with Crippen LogP contribution in [0.1, 0.15) is 14.2 Å². The maximum Gasteiger partial charge on any atom is 0.0384 e. The van der Waals surface area contributed by atoms with Crippen LogP contribution in [-0.4, -0.2) is 5.73 Å². The highest BCUT2D eigenvalue weighted by atomic mass is 32.2. The molecule has 6 heavy (non-hydrogen) atoms. The minimum absolute atomic E-state index is 0.116. The zero-order chi connectivity index (χ0) is 5.11. The summed E-state index contributed by atoms with van der Waals surface area (Å²) in [7, 11) is 0. The summed E-state index contributed by atoms with van der Waals surface area (Å²) in [4.78, 5) is 0. The first-order chi connectivity index (χ1) is 3.39. The summed E-state index contributed by atoms with van der Waals surface area (Å²) in [5.41, 5.74) is 0.116. The van der Waals surface area contributed by atoms with E-state index >= 15 is 0 Å². The van der Waals surface area contributed by atoms with Gasteiger partial charge in [-0.15, -0.1) is 11.8 Å². The van der Waals surface area contributed by atoms with Gasteiger partial charge in [0.1, 0.15) is 0 Å². The Labute approximate surface area is 44.0 Å². The van der Waals surface area contributed by atoms with Gasteiger partial charge in [-0.25, -0.2) is 0 Å². The average molecular weight is 101 g/mol. The molecule has 0 amide bonds. The highest BCUT2D eigenvalue weighted by molar-refractivity contribution is 8.02. The van der Waals surface area contributed by atoms with E-state index in [0.29, 0.717) is 0 Å². The van der Waals surface area contributed by atoms with Gasteiger partial charge in [-0.2, -0.15) is 0 Å². The molecule has 1 unspecified atom stereocenters. The van der Waals surface area contributed by atoms with Gasteiger partial charge in [0.2, 0.25) is 0 Å². The number of allylic oxidation sites excluding steroid dienone is 1. The SMILES string of the molecule is [2H]C1CCC=CS1. The van der Waals surface area contributed by atoms with Crippen molar-refractivity contribution in [3.8, 4) is 0 Å². The van der Waals surface area contributed by atoms with Crippen LogP contribution < -0.4 is 0 Å². The highest BCUT2D eigenvalue weighted by Crippen LogP contribution is 2.12. The Morgan fingerprint density at radius 2 is 2.83 bits per heavy atom. The number of rotatable bonds is 0. The lowest BCUT2D eigenvalue weighted by atomic mass is 10.3. The van der Waals surface area contributed by atoms with Crippen LogP contribution >= 0.6 is 11.8 Å². The summed E-state index contributed by atoms with van der Waals surface area (Å²) in [6, 6.07) is 0. The van der Waals surface area contributed by atoms with E-state index in [9.17, 15) is 0 Å². The molecule has 1 aliphatic rings. The first-order valence-electron chi connectivity index (χ1n) is 2.70. The van der Waals surface area contributed by atoms with Crippen LogP contribution in [-0.2, 0) is 0 Å². The van der Waals surface area contributed by atoms with E-state index in [1.54, 1.807) is 11.8 Å². The minimum Gasteiger partial charge on any atom is -0.134 e. The standard InChI is InChI=1S/C5H8S/c1-2-4-6-5-3-1/h2,4H,1,3,5H2/i5D. The van der Waals surface area contributed by atoms with E-state index in [2.05, 4.69) is 6.08 Å². The lowest BCUT2D eigenvalue weighted by Gasteiger charge is -1.97. The molecule has 0 saturated heterocycles. The Kier molecular flexibility index (Phi) is 1.20. The van der Waals surface area contributed by atoms with E-state index in [4.69, 9.17) is 1.37 Å². The van der Waals surface area contributed by atoms with Crippen LogP contribution in [0.4, 0.5) is 0 Å². The molecule has 0 fully saturated rings. The number of thioether (sulfide) groups is 1. The Hall–Kier alpha value is 0.0900. The molecule has 0 nitrogen and oxygen atoms in total. The monoisotopic (exact) mass is 101 g/mol. The molecule has 1 heterocycles. The molecule has 1 rings (SSSR count). The number of hydrogen-bond acceptors (Lipinski definition) is 1. The fourth-order valence-corrected chi connectivity index (χ4v) is 1.04. The first kappa shape index (κ1) is 3.14. The van der Waals surface area contributed by atoms with Gasteiger partial charge in [0.25, 0.3) is 0 Å². The fraction of sp³-hybridized carbons (Fsp3) is 0.600. The summed E-state index contributed by atoms with van der Waals surface area (Å²) in [5, 5.41) is 2.02. The lowest BCUT2D eigenvalue weighted by molar-refractivity contribution is 0.966. The molecule has 0 saturated carbocycles. The van der Waals surface area contributed by atoms with E-state index in [1.807, 2.05) is 5.41 Å². The van der Waals surface area contributed by atoms with E-state index < -0.39 is 0 Å². The molecule has 1 aliphatic heterocycles. The van der Waals surface area contributed by atoms with E-state index in [1.165, 1.54) is 0 Å². The Morgan fingerprint density at radius 3 is 3.17 bits per heavy atom. The fourth-order valence-electron chi connectivity index (χ4n) is 0.411. The van der Waals surface area contributed by atoms with Crippen molar-refractivity contribution in [2.45, 2.75) is 12.8 Å². The van der Waals surface area contributed by atoms with Gasteiger partial charge < -0.3 is 0 Å². The normalized spacial score (nSPS) is 36.0. The minimum atomic E-state index is 0.116. The largest absolute Gasteiger partial charge is 0.134 e. The molecule has 34 valence electrons. The summed E-state index contributed by atoms with van der Waals surface area (Å²) < 4.78 is 7.18. The molecular formula is C5H8S. The van der Waals surface area contributed by atoms with Crippen molar-refractivity contribution in [3.63, 3.8) is 0 Å². The maximum atomic E-state index is 7.18. The molecule has 0 aromatic heterocycles. The number of hydrogen-bond donors (Lipinski definition) is 0. The van der Waals surface area contributed by atoms with Gasteiger partial charge >= 0.3 is 0 Å². The van der Waals surface area contributed by atoms with Crippen molar-refractivity contribution >= 4 is 11.8 Å². The molecule has 0 radical (unpaired) electrons. The zero-order valence-corrected chi connectivity index (χ0v) is 4.37. The summed E-state index contributed by atoms with van der Waals surface area (Å²) in [6.45, 7) is 0. The van der Waals surface area contributed by atoms with Crippen LogP contribution in [0.3, 0.4) is 0 Å². The molecule has 0 aromatic rings. The Balaban J connectivity index is 2.32. The van der Waals surface area contributed by atoms with Gasteiger partial charge in [-0.3, -0.25) is 0 Å². The third-order valence-corrected chi connectivity index (χ3v) is 1.50. The molecule has 0 aromatic carbocycles. The topological polar surface area (TPSA) is 0 Å². The summed E-state index contributed by atoms with van der Waals surface area (Å²) >= 11 is 1.60. The molecule has 1 atom stereocenters. The van der Waals surface area contributed by atoms with Gasteiger partial charge in [0.05, 0.1) is 0 Å². The Morgan fingerprint density at radius 1 is 1.83 bits per heavy atom. The second-order valence-electron chi connectivity index (χ2n) is 1.25. The second-order valence-corrected chi connectivity index (χ2v) is 2.13. The Bertz CT molecular complexity index is 80.1. The van der Waals surface area contributed by atoms with Crippen LogP contribution in [0.25, 0.3) is 0 Å².